The third-order valence-corrected chi connectivity index (χ3v) is 4.89. The van der Waals surface area contributed by atoms with E-state index in [2.05, 4.69) is 0 Å². The fourth-order valence-electron chi connectivity index (χ4n) is 1.50. The van der Waals surface area contributed by atoms with E-state index in [4.69, 9.17) is 34.0 Å². The van der Waals surface area contributed by atoms with E-state index in [1.807, 2.05) is 4.72 Å². The predicted molar refractivity (Wildman–Crippen MR) is 76.6 cm³/mol. The molecule has 0 aliphatic carbocycles. The number of amides is 1. The zero-order valence-corrected chi connectivity index (χ0v) is 12.9. The first kappa shape index (κ1) is 17.7. The molecule has 0 aliphatic rings. The molecule has 10 heteroatoms. The Balaban J connectivity index is 3.07. The van der Waals surface area contributed by atoms with Crippen LogP contribution in [0, 0.1) is 0 Å². The van der Waals surface area contributed by atoms with Gasteiger partial charge in [0.05, 0.1) is 10.0 Å². The fourth-order valence-corrected chi connectivity index (χ4v) is 3.87. The van der Waals surface area contributed by atoms with Crippen LogP contribution >= 0.6 is 23.2 Å². The van der Waals surface area contributed by atoms with Crippen molar-refractivity contribution in [1.29, 1.82) is 0 Å². The van der Waals surface area contributed by atoms with Crippen molar-refractivity contribution in [2.75, 3.05) is 0 Å². The quantitative estimate of drug-likeness (QED) is 0.672. The van der Waals surface area contributed by atoms with Crippen LogP contribution in [0.5, 0.6) is 0 Å². The van der Waals surface area contributed by atoms with E-state index in [9.17, 15) is 18.0 Å². The Kier molecular flexibility index (Phi) is 5.97. The van der Waals surface area contributed by atoms with Gasteiger partial charge >= 0.3 is 5.97 Å². The van der Waals surface area contributed by atoms with E-state index in [1.54, 1.807) is 0 Å². The van der Waals surface area contributed by atoms with Crippen LogP contribution in [-0.4, -0.2) is 31.4 Å². The maximum Gasteiger partial charge on any atom is 0.321 e. The number of carbonyl (C=O) groups excluding carboxylic acids is 1. The van der Waals surface area contributed by atoms with E-state index in [0.717, 1.165) is 0 Å². The maximum absolute atomic E-state index is 12.2. The molecule has 1 amide bonds. The topological polar surface area (TPSA) is 127 Å². The van der Waals surface area contributed by atoms with Gasteiger partial charge in [0, 0.05) is 6.42 Å². The third kappa shape index (κ3) is 4.85. The van der Waals surface area contributed by atoms with Gasteiger partial charge in [-0.25, -0.2) is 8.42 Å². The minimum atomic E-state index is -4.26. The molecule has 116 valence electrons. The molecular weight excluding hydrogens is 343 g/mol. The Morgan fingerprint density at radius 3 is 2.24 bits per heavy atom. The van der Waals surface area contributed by atoms with Gasteiger partial charge in [0.1, 0.15) is 10.9 Å². The third-order valence-electron chi connectivity index (χ3n) is 2.46. The van der Waals surface area contributed by atoms with Gasteiger partial charge in [-0.2, -0.15) is 4.72 Å². The summed E-state index contributed by atoms with van der Waals surface area (Å²) in [7, 11) is -4.26. The highest BCUT2D eigenvalue weighted by atomic mass is 35.5. The second-order valence-corrected chi connectivity index (χ2v) is 6.53. The lowest BCUT2D eigenvalue weighted by Gasteiger charge is -2.15. The van der Waals surface area contributed by atoms with Crippen molar-refractivity contribution in [2.45, 2.75) is 23.8 Å². The molecule has 1 atom stereocenters. The maximum atomic E-state index is 12.2. The zero-order valence-electron chi connectivity index (χ0n) is 10.5. The van der Waals surface area contributed by atoms with E-state index in [1.165, 1.54) is 18.2 Å². The highest BCUT2D eigenvalue weighted by Crippen LogP contribution is 2.29. The van der Waals surface area contributed by atoms with E-state index in [-0.39, 0.29) is 22.9 Å². The molecule has 0 spiro atoms. The second kappa shape index (κ2) is 7.08. The molecule has 1 rings (SSSR count). The van der Waals surface area contributed by atoms with Gasteiger partial charge in [-0.3, -0.25) is 9.59 Å². The SMILES string of the molecule is NC(=O)CCC(NS(=O)(=O)c1c(Cl)cccc1Cl)C(=O)O. The Labute approximate surface area is 131 Å². The minimum absolute atomic E-state index is 0.144. The van der Waals surface area contributed by atoms with Crippen LogP contribution in [0.15, 0.2) is 23.1 Å². The van der Waals surface area contributed by atoms with Crippen LogP contribution in [-0.2, 0) is 19.6 Å². The lowest BCUT2D eigenvalue weighted by molar-refractivity contribution is -0.139. The minimum Gasteiger partial charge on any atom is -0.480 e. The summed E-state index contributed by atoms with van der Waals surface area (Å²) < 4.78 is 26.3. The van der Waals surface area contributed by atoms with Gasteiger partial charge in [0.25, 0.3) is 0 Å². The molecule has 0 bridgehead atoms. The molecule has 0 saturated carbocycles. The van der Waals surface area contributed by atoms with Gasteiger partial charge in [-0.05, 0) is 18.6 Å². The van der Waals surface area contributed by atoms with E-state index in [0.29, 0.717) is 0 Å². The van der Waals surface area contributed by atoms with Crippen molar-refractivity contribution in [2.24, 2.45) is 5.73 Å². The van der Waals surface area contributed by atoms with Gasteiger partial charge in [-0.15, -0.1) is 0 Å². The summed E-state index contributed by atoms with van der Waals surface area (Å²) in [5, 5.41) is 8.70. The van der Waals surface area contributed by atoms with Gasteiger partial charge in [0.2, 0.25) is 15.9 Å². The molecule has 1 aromatic carbocycles. The lowest BCUT2D eigenvalue weighted by atomic mass is 10.2. The number of carbonyl (C=O) groups is 2. The number of halogens is 2. The number of nitrogens with one attached hydrogen (secondary N) is 1. The van der Waals surface area contributed by atoms with E-state index < -0.39 is 32.8 Å². The average Bonchev–Trinajstić information content (AvgIpc) is 2.33. The van der Waals surface area contributed by atoms with Crippen LogP contribution in [0.4, 0.5) is 0 Å². The molecule has 0 aliphatic heterocycles. The number of carboxylic acids is 1. The summed E-state index contributed by atoms with van der Waals surface area (Å²) in [6.07, 6.45) is -0.568. The summed E-state index contributed by atoms with van der Waals surface area (Å²) in [5.74, 6) is -2.18. The van der Waals surface area contributed by atoms with Crippen LogP contribution in [0.2, 0.25) is 10.0 Å². The summed E-state index contributed by atoms with van der Waals surface area (Å²) >= 11 is 11.6. The molecule has 0 fully saturated rings. The van der Waals surface area contributed by atoms with Crippen LogP contribution in [0.3, 0.4) is 0 Å². The van der Waals surface area contributed by atoms with Crippen molar-refractivity contribution >= 4 is 45.1 Å². The number of primary amides is 1. The standard InChI is InChI=1S/C11H12Cl2N2O5S/c12-6-2-1-3-7(13)10(6)21(19,20)15-8(11(17)18)4-5-9(14)16/h1-3,8,15H,4-5H2,(H2,14,16)(H,17,18). The Hall–Kier alpha value is -1.35. The van der Waals surface area contributed by atoms with Crippen LogP contribution in [0.1, 0.15) is 12.8 Å². The Morgan fingerprint density at radius 2 is 1.81 bits per heavy atom. The predicted octanol–water partition coefficient (Wildman–Crippen LogP) is 0.990. The summed E-state index contributed by atoms with van der Waals surface area (Å²) in [4.78, 5) is 21.3. The molecule has 7 nitrogen and oxygen atoms in total. The van der Waals surface area contributed by atoms with Gasteiger partial charge < -0.3 is 10.8 Å². The summed E-state index contributed by atoms with van der Waals surface area (Å²) in [6.45, 7) is 0. The summed E-state index contributed by atoms with van der Waals surface area (Å²) in [6, 6.07) is 2.54. The number of aliphatic carboxylic acids is 1. The Morgan fingerprint density at radius 1 is 1.29 bits per heavy atom. The fraction of sp³-hybridized carbons (Fsp3) is 0.273. The van der Waals surface area contributed by atoms with Crippen LogP contribution < -0.4 is 10.5 Å². The first-order valence-corrected chi connectivity index (χ1v) is 7.86. The first-order valence-electron chi connectivity index (χ1n) is 5.62. The summed E-state index contributed by atoms with van der Waals surface area (Å²) in [5.41, 5.74) is 4.91. The molecule has 0 saturated heterocycles. The number of hydrogen-bond donors (Lipinski definition) is 3. The zero-order chi connectivity index (χ0) is 16.2. The van der Waals surface area contributed by atoms with Crippen molar-refractivity contribution in [1.82, 2.24) is 4.72 Å². The number of hydrogen-bond acceptors (Lipinski definition) is 4. The Bertz CT molecular complexity index is 642. The molecular formula is C11H12Cl2N2O5S. The highest BCUT2D eigenvalue weighted by molar-refractivity contribution is 7.89. The molecule has 21 heavy (non-hydrogen) atoms. The van der Waals surface area contributed by atoms with E-state index >= 15 is 0 Å². The van der Waals surface area contributed by atoms with Crippen molar-refractivity contribution in [3.8, 4) is 0 Å². The number of rotatable bonds is 7. The number of nitrogens with two attached hydrogens (primary N) is 1. The number of sulfonamides is 1. The number of benzene rings is 1. The van der Waals surface area contributed by atoms with Crippen molar-refractivity contribution in [3.63, 3.8) is 0 Å². The van der Waals surface area contributed by atoms with Crippen molar-refractivity contribution in [3.05, 3.63) is 28.2 Å². The molecule has 4 N–H and O–H groups in total. The molecule has 1 aromatic rings. The first-order chi connectivity index (χ1) is 9.65. The second-order valence-electron chi connectivity index (χ2n) is 4.07. The van der Waals surface area contributed by atoms with Gasteiger partial charge in [0.15, 0.2) is 0 Å². The highest BCUT2D eigenvalue weighted by Gasteiger charge is 2.28. The van der Waals surface area contributed by atoms with Crippen LogP contribution in [0.25, 0.3) is 0 Å². The average molecular weight is 355 g/mol. The molecule has 0 radical (unpaired) electrons. The normalized spacial score (nSPS) is 12.9. The number of carboxylic acid groups (broad SMARTS) is 1. The molecule has 0 aromatic heterocycles. The molecule has 0 heterocycles. The smallest absolute Gasteiger partial charge is 0.321 e. The van der Waals surface area contributed by atoms with Gasteiger partial charge in [-0.1, -0.05) is 29.3 Å². The lowest BCUT2D eigenvalue weighted by Crippen LogP contribution is -2.41. The molecule has 1 unspecified atom stereocenters. The monoisotopic (exact) mass is 354 g/mol. The largest absolute Gasteiger partial charge is 0.480 e. The van der Waals surface area contributed by atoms with Crippen molar-refractivity contribution < 1.29 is 23.1 Å².